The fourth-order valence-electron chi connectivity index (χ4n) is 1.36. The Morgan fingerprint density at radius 3 is 2.62 bits per heavy atom. The lowest BCUT2D eigenvalue weighted by atomic mass is 10.2. The number of rotatable bonds is 5. The second-order valence-electron chi connectivity index (χ2n) is 4.12. The molecular formula is C12H20N2OS. The molecule has 1 aromatic heterocycles. The summed E-state index contributed by atoms with van der Waals surface area (Å²) in [7, 11) is 4.07. The Labute approximate surface area is 102 Å². The molecule has 0 aliphatic rings. The van der Waals surface area contributed by atoms with E-state index in [2.05, 4.69) is 11.8 Å². The zero-order chi connectivity index (χ0) is 12.1. The third-order valence-corrected chi connectivity index (χ3v) is 3.60. The number of anilines is 1. The largest absolute Gasteiger partial charge is 0.305 e. The molecule has 1 aromatic rings. The smallest absolute Gasteiger partial charge is 0.227 e. The van der Waals surface area contributed by atoms with E-state index in [0.29, 0.717) is 12.5 Å². The van der Waals surface area contributed by atoms with E-state index >= 15 is 0 Å². The summed E-state index contributed by atoms with van der Waals surface area (Å²) in [5, 5.41) is 3.05. The van der Waals surface area contributed by atoms with E-state index in [0.717, 1.165) is 11.5 Å². The van der Waals surface area contributed by atoms with Crippen LogP contribution in [0.4, 0.5) is 5.00 Å². The minimum atomic E-state index is 0.191. The molecule has 0 bridgehead atoms. The van der Waals surface area contributed by atoms with Crippen molar-refractivity contribution in [1.82, 2.24) is 4.90 Å². The van der Waals surface area contributed by atoms with Crippen LogP contribution >= 0.6 is 11.3 Å². The van der Waals surface area contributed by atoms with Crippen LogP contribution < -0.4 is 4.90 Å². The molecule has 1 rings (SSSR count). The van der Waals surface area contributed by atoms with Crippen molar-refractivity contribution in [1.29, 1.82) is 0 Å². The standard InChI is InChI=1S/C12H20N2OS/c1-5-11(15)14(9-10(2)13(3)4)12-7-6-8-16-12/h6-8,10H,5,9H2,1-4H3. The molecule has 3 nitrogen and oxygen atoms in total. The molecule has 0 radical (unpaired) electrons. The van der Waals surface area contributed by atoms with Crippen LogP contribution in [0.25, 0.3) is 0 Å². The highest BCUT2D eigenvalue weighted by Crippen LogP contribution is 2.22. The molecule has 1 unspecified atom stereocenters. The second kappa shape index (κ2) is 6.01. The summed E-state index contributed by atoms with van der Waals surface area (Å²) in [4.78, 5) is 15.9. The molecule has 16 heavy (non-hydrogen) atoms. The number of carbonyl (C=O) groups excluding carboxylic acids is 1. The molecule has 1 amide bonds. The first kappa shape index (κ1) is 13.2. The minimum absolute atomic E-state index is 0.191. The Bertz CT molecular complexity index is 322. The van der Waals surface area contributed by atoms with Crippen LogP contribution in [0.5, 0.6) is 0 Å². The van der Waals surface area contributed by atoms with Crippen molar-refractivity contribution in [2.45, 2.75) is 26.3 Å². The van der Waals surface area contributed by atoms with Gasteiger partial charge in [0, 0.05) is 19.0 Å². The SMILES string of the molecule is CCC(=O)N(CC(C)N(C)C)c1cccs1. The van der Waals surface area contributed by atoms with Gasteiger partial charge in [0.2, 0.25) is 5.91 Å². The number of amides is 1. The molecule has 0 spiro atoms. The summed E-state index contributed by atoms with van der Waals surface area (Å²) in [6.45, 7) is 4.78. The highest BCUT2D eigenvalue weighted by atomic mass is 32.1. The van der Waals surface area contributed by atoms with E-state index in [1.54, 1.807) is 11.3 Å². The van der Waals surface area contributed by atoms with E-state index in [9.17, 15) is 4.79 Å². The molecule has 0 saturated carbocycles. The third kappa shape index (κ3) is 3.32. The molecule has 0 saturated heterocycles. The maximum absolute atomic E-state index is 11.9. The van der Waals surface area contributed by atoms with Crippen LogP contribution in [-0.4, -0.2) is 37.5 Å². The molecule has 1 heterocycles. The number of thiophene rings is 1. The predicted molar refractivity (Wildman–Crippen MR) is 70.1 cm³/mol. The molecule has 90 valence electrons. The zero-order valence-corrected chi connectivity index (χ0v) is 11.3. The van der Waals surface area contributed by atoms with Crippen LogP contribution in [0.3, 0.4) is 0 Å². The van der Waals surface area contributed by atoms with Gasteiger partial charge < -0.3 is 9.80 Å². The second-order valence-corrected chi connectivity index (χ2v) is 5.05. The summed E-state index contributed by atoms with van der Waals surface area (Å²) in [5.41, 5.74) is 0. The van der Waals surface area contributed by atoms with Gasteiger partial charge in [0.05, 0.1) is 5.00 Å². The highest BCUT2D eigenvalue weighted by Gasteiger charge is 2.18. The Hall–Kier alpha value is -0.870. The van der Waals surface area contributed by atoms with Crippen molar-refractivity contribution >= 4 is 22.2 Å². The van der Waals surface area contributed by atoms with Crippen molar-refractivity contribution in [2.24, 2.45) is 0 Å². The molecule has 4 heteroatoms. The average Bonchev–Trinajstić information content (AvgIpc) is 2.77. The Kier molecular flexibility index (Phi) is 4.96. The van der Waals surface area contributed by atoms with Gasteiger partial charge in [-0.3, -0.25) is 4.79 Å². The first-order valence-electron chi connectivity index (χ1n) is 5.56. The summed E-state index contributed by atoms with van der Waals surface area (Å²) < 4.78 is 0. The van der Waals surface area contributed by atoms with Crippen LogP contribution in [0, 0.1) is 0 Å². The maximum Gasteiger partial charge on any atom is 0.227 e. The summed E-state index contributed by atoms with van der Waals surface area (Å²) in [6.07, 6.45) is 0.554. The maximum atomic E-state index is 11.9. The van der Waals surface area contributed by atoms with Gasteiger partial charge in [0.25, 0.3) is 0 Å². The number of likely N-dealkylation sites (N-methyl/N-ethyl adjacent to an activating group) is 1. The Morgan fingerprint density at radius 1 is 1.50 bits per heavy atom. The van der Waals surface area contributed by atoms with Crippen molar-refractivity contribution in [3.05, 3.63) is 17.5 Å². The molecule has 0 aliphatic carbocycles. The van der Waals surface area contributed by atoms with Gasteiger partial charge in [-0.1, -0.05) is 6.92 Å². The van der Waals surface area contributed by atoms with Crippen molar-refractivity contribution in [2.75, 3.05) is 25.5 Å². The summed E-state index contributed by atoms with van der Waals surface area (Å²) in [5.74, 6) is 0.191. The van der Waals surface area contributed by atoms with Gasteiger partial charge in [-0.15, -0.1) is 11.3 Å². The third-order valence-electron chi connectivity index (χ3n) is 2.70. The minimum Gasteiger partial charge on any atom is -0.305 e. The topological polar surface area (TPSA) is 23.6 Å². The predicted octanol–water partition coefficient (Wildman–Crippen LogP) is 2.44. The number of nitrogens with zero attached hydrogens (tertiary/aromatic N) is 2. The van der Waals surface area contributed by atoms with Gasteiger partial charge in [-0.25, -0.2) is 0 Å². The lowest BCUT2D eigenvalue weighted by Gasteiger charge is -2.28. The van der Waals surface area contributed by atoms with Crippen LogP contribution in [0.1, 0.15) is 20.3 Å². The van der Waals surface area contributed by atoms with Gasteiger partial charge in [0.15, 0.2) is 0 Å². The van der Waals surface area contributed by atoms with E-state index < -0.39 is 0 Å². The number of hydrogen-bond acceptors (Lipinski definition) is 3. The molecule has 0 N–H and O–H groups in total. The van der Waals surface area contributed by atoms with E-state index in [4.69, 9.17) is 0 Å². The van der Waals surface area contributed by atoms with Crippen molar-refractivity contribution in [3.8, 4) is 0 Å². The average molecular weight is 240 g/mol. The van der Waals surface area contributed by atoms with Crippen molar-refractivity contribution in [3.63, 3.8) is 0 Å². The van der Waals surface area contributed by atoms with E-state index in [1.807, 2.05) is 43.4 Å². The molecule has 0 aliphatic heterocycles. The summed E-state index contributed by atoms with van der Waals surface area (Å²) >= 11 is 1.62. The normalized spacial score (nSPS) is 12.8. The van der Waals surface area contributed by atoms with E-state index in [-0.39, 0.29) is 5.91 Å². The lowest BCUT2D eigenvalue weighted by molar-refractivity contribution is -0.118. The lowest BCUT2D eigenvalue weighted by Crippen LogP contribution is -2.41. The first-order chi connectivity index (χ1) is 7.56. The Balaban J connectivity index is 2.77. The van der Waals surface area contributed by atoms with Crippen LogP contribution in [0.2, 0.25) is 0 Å². The fraction of sp³-hybridized carbons (Fsp3) is 0.583. The van der Waals surface area contributed by atoms with Crippen molar-refractivity contribution < 1.29 is 4.79 Å². The molecular weight excluding hydrogens is 220 g/mol. The van der Waals surface area contributed by atoms with Crippen LogP contribution in [0.15, 0.2) is 17.5 Å². The monoisotopic (exact) mass is 240 g/mol. The van der Waals surface area contributed by atoms with E-state index in [1.165, 1.54) is 0 Å². The Morgan fingerprint density at radius 2 is 2.19 bits per heavy atom. The molecule has 0 fully saturated rings. The van der Waals surface area contributed by atoms with Gasteiger partial charge in [0.1, 0.15) is 0 Å². The number of hydrogen-bond donors (Lipinski definition) is 0. The molecule has 1 atom stereocenters. The summed E-state index contributed by atoms with van der Waals surface area (Å²) in [6, 6.07) is 4.34. The first-order valence-corrected chi connectivity index (χ1v) is 6.44. The molecule has 0 aromatic carbocycles. The van der Waals surface area contributed by atoms with Gasteiger partial charge >= 0.3 is 0 Å². The fourth-order valence-corrected chi connectivity index (χ4v) is 2.11. The van der Waals surface area contributed by atoms with Gasteiger partial charge in [-0.2, -0.15) is 0 Å². The quantitative estimate of drug-likeness (QED) is 0.789. The number of carbonyl (C=O) groups is 1. The zero-order valence-electron chi connectivity index (χ0n) is 10.4. The van der Waals surface area contributed by atoms with Crippen LogP contribution in [-0.2, 0) is 4.79 Å². The van der Waals surface area contributed by atoms with Gasteiger partial charge in [-0.05, 0) is 38.5 Å². The highest BCUT2D eigenvalue weighted by molar-refractivity contribution is 7.14.